The molecule has 2 nitrogen and oxygen atoms in total. The molecule has 0 radical (unpaired) electrons. The first-order valence-electron chi connectivity index (χ1n) is 6.30. The zero-order valence-electron chi connectivity index (χ0n) is 11.5. The fourth-order valence-electron chi connectivity index (χ4n) is 2.44. The number of carbonyl (C=O) groups excluding carboxylic acids is 1. The van der Waals surface area contributed by atoms with Crippen molar-refractivity contribution in [2.45, 2.75) is 33.9 Å². The molecule has 0 heterocycles. The minimum atomic E-state index is -4.54. The Morgan fingerprint density at radius 2 is 1.79 bits per heavy atom. The van der Waals surface area contributed by atoms with Crippen LogP contribution >= 0.6 is 11.6 Å². The highest BCUT2D eigenvalue weighted by Gasteiger charge is 2.61. The number of alkyl halides is 3. The van der Waals surface area contributed by atoms with Crippen molar-refractivity contribution in [2.75, 3.05) is 13.1 Å². The Hall–Kier alpha value is -0.710. The third-order valence-corrected chi connectivity index (χ3v) is 4.19. The van der Waals surface area contributed by atoms with Crippen LogP contribution < -0.4 is 0 Å². The monoisotopic (exact) mass is 297 g/mol. The van der Waals surface area contributed by atoms with E-state index in [0.29, 0.717) is 13.1 Å². The van der Waals surface area contributed by atoms with E-state index in [1.807, 2.05) is 13.8 Å². The summed E-state index contributed by atoms with van der Waals surface area (Å²) in [6.45, 7) is 8.41. The van der Waals surface area contributed by atoms with Crippen LogP contribution in [0.3, 0.4) is 0 Å². The molecular weight excluding hydrogens is 279 g/mol. The quantitative estimate of drug-likeness (QED) is 0.772. The van der Waals surface area contributed by atoms with Gasteiger partial charge in [-0.3, -0.25) is 4.79 Å². The Balaban J connectivity index is 2.87. The number of amides is 1. The van der Waals surface area contributed by atoms with Crippen LogP contribution in [-0.2, 0) is 4.79 Å². The van der Waals surface area contributed by atoms with Crippen molar-refractivity contribution in [1.29, 1.82) is 0 Å². The van der Waals surface area contributed by atoms with E-state index in [2.05, 4.69) is 0 Å². The maximum absolute atomic E-state index is 12.4. The van der Waals surface area contributed by atoms with Crippen LogP contribution in [0.4, 0.5) is 13.2 Å². The number of halogens is 4. The van der Waals surface area contributed by atoms with E-state index < -0.39 is 28.5 Å². The summed E-state index contributed by atoms with van der Waals surface area (Å²) in [5.41, 5.74) is -0.467. The first kappa shape index (κ1) is 16.3. The Morgan fingerprint density at radius 1 is 1.32 bits per heavy atom. The third-order valence-electron chi connectivity index (χ3n) is 3.85. The predicted molar refractivity (Wildman–Crippen MR) is 68.7 cm³/mol. The molecule has 0 aromatic rings. The van der Waals surface area contributed by atoms with Gasteiger partial charge in [0.1, 0.15) is 5.03 Å². The van der Waals surface area contributed by atoms with Crippen molar-refractivity contribution >= 4 is 17.5 Å². The second-order valence-corrected chi connectivity index (χ2v) is 5.75. The number of rotatable bonds is 4. The molecule has 1 aliphatic rings. The molecule has 0 aromatic carbocycles. The normalized spacial score (nSPS) is 26.2. The van der Waals surface area contributed by atoms with Crippen LogP contribution in [0.1, 0.15) is 27.7 Å². The van der Waals surface area contributed by atoms with Crippen molar-refractivity contribution in [3.63, 3.8) is 0 Å². The van der Waals surface area contributed by atoms with Crippen molar-refractivity contribution in [3.8, 4) is 0 Å². The minimum absolute atomic E-state index is 0.0945. The van der Waals surface area contributed by atoms with Crippen molar-refractivity contribution in [3.05, 3.63) is 11.1 Å². The van der Waals surface area contributed by atoms with Gasteiger partial charge in [-0.25, -0.2) is 0 Å². The molecule has 2 unspecified atom stereocenters. The number of nitrogens with zero attached hydrogens (tertiary/aromatic N) is 1. The minimum Gasteiger partial charge on any atom is -0.343 e. The molecule has 0 N–H and O–H groups in total. The highest BCUT2D eigenvalue weighted by molar-refractivity contribution is 6.30. The largest absolute Gasteiger partial charge is 0.426 e. The van der Waals surface area contributed by atoms with E-state index >= 15 is 0 Å². The summed E-state index contributed by atoms with van der Waals surface area (Å²) in [7, 11) is 0. The highest BCUT2D eigenvalue weighted by atomic mass is 35.5. The maximum atomic E-state index is 12.4. The second-order valence-electron chi connectivity index (χ2n) is 5.35. The van der Waals surface area contributed by atoms with Crippen LogP contribution in [0.25, 0.3) is 0 Å². The molecule has 0 saturated heterocycles. The van der Waals surface area contributed by atoms with E-state index in [1.165, 1.54) is 0 Å². The van der Waals surface area contributed by atoms with Crippen molar-refractivity contribution < 1.29 is 18.0 Å². The van der Waals surface area contributed by atoms with Gasteiger partial charge in [-0.05, 0) is 25.2 Å². The zero-order chi connectivity index (χ0) is 15.0. The van der Waals surface area contributed by atoms with Gasteiger partial charge >= 0.3 is 6.18 Å². The summed E-state index contributed by atoms with van der Waals surface area (Å²) in [6.07, 6.45) is -3.56. The molecule has 0 spiro atoms. The van der Waals surface area contributed by atoms with Gasteiger partial charge in [0.25, 0.3) is 0 Å². The molecule has 0 bridgehead atoms. The molecule has 2 atom stereocenters. The van der Waals surface area contributed by atoms with Gasteiger partial charge in [0, 0.05) is 13.1 Å². The van der Waals surface area contributed by atoms with Crippen LogP contribution in [0, 0.1) is 17.3 Å². The SMILES string of the molecule is CCN(CC)C(=O)C1C(/C=C(\Cl)C(F)(F)F)C1(C)C. The number of allylic oxidation sites excluding steroid dienone is 2. The lowest BCUT2D eigenvalue weighted by molar-refractivity contribution is -0.133. The summed E-state index contributed by atoms with van der Waals surface area (Å²) in [6, 6.07) is 0. The molecule has 1 aliphatic carbocycles. The lowest BCUT2D eigenvalue weighted by Gasteiger charge is -2.19. The summed E-state index contributed by atoms with van der Waals surface area (Å²) < 4.78 is 37.2. The summed E-state index contributed by atoms with van der Waals surface area (Å²) in [5.74, 6) is -0.957. The third kappa shape index (κ3) is 3.25. The van der Waals surface area contributed by atoms with E-state index in [9.17, 15) is 18.0 Å². The number of hydrogen-bond donors (Lipinski definition) is 0. The van der Waals surface area contributed by atoms with Gasteiger partial charge in [0.15, 0.2) is 0 Å². The lowest BCUT2D eigenvalue weighted by Crippen LogP contribution is -2.33. The van der Waals surface area contributed by atoms with E-state index in [4.69, 9.17) is 11.6 Å². The van der Waals surface area contributed by atoms with Crippen LogP contribution in [0.15, 0.2) is 11.1 Å². The fraction of sp³-hybridized carbons (Fsp3) is 0.769. The van der Waals surface area contributed by atoms with E-state index in [0.717, 1.165) is 6.08 Å². The van der Waals surface area contributed by atoms with Crippen LogP contribution in [0.5, 0.6) is 0 Å². The van der Waals surface area contributed by atoms with Gasteiger partial charge < -0.3 is 4.90 Å². The molecule has 6 heteroatoms. The fourth-order valence-corrected chi connectivity index (χ4v) is 2.58. The van der Waals surface area contributed by atoms with Gasteiger partial charge in [0.2, 0.25) is 5.91 Å². The van der Waals surface area contributed by atoms with E-state index in [1.54, 1.807) is 18.7 Å². The lowest BCUT2D eigenvalue weighted by atomic mass is 10.1. The standard InChI is InChI=1S/C13H19ClF3NO/c1-5-18(6-2)11(19)10-8(12(10,3)4)7-9(14)13(15,16)17/h7-8,10H,5-6H2,1-4H3/b9-7-. The van der Waals surface area contributed by atoms with Crippen molar-refractivity contribution in [1.82, 2.24) is 4.90 Å². The zero-order valence-corrected chi connectivity index (χ0v) is 12.3. The smallest absolute Gasteiger partial charge is 0.343 e. The highest BCUT2D eigenvalue weighted by Crippen LogP contribution is 2.60. The first-order chi connectivity index (χ1) is 8.57. The number of hydrogen-bond acceptors (Lipinski definition) is 1. The Morgan fingerprint density at radius 3 is 2.16 bits per heavy atom. The number of carbonyl (C=O) groups is 1. The Kier molecular flexibility index (Phi) is 4.60. The maximum Gasteiger partial charge on any atom is 0.426 e. The average Bonchev–Trinajstić information content (AvgIpc) is 2.80. The van der Waals surface area contributed by atoms with Crippen LogP contribution in [0.2, 0.25) is 0 Å². The molecule has 1 fully saturated rings. The summed E-state index contributed by atoms with van der Waals surface area (Å²) in [5, 5.41) is -1.14. The molecule has 1 amide bonds. The average molecular weight is 298 g/mol. The second kappa shape index (κ2) is 5.35. The summed E-state index contributed by atoms with van der Waals surface area (Å²) >= 11 is 5.25. The van der Waals surface area contributed by atoms with Gasteiger partial charge in [-0.1, -0.05) is 31.5 Å². The van der Waals surface area contributed by atoms with Gasteiger partial charge in [0.05, 0.1) is 5.92 Å². The van der Waals surface area contributed by atoms with Gasteiger partial charge in [-0.15, -0.1) is 0 Å². The Bertz CT molecular complexity index is 386. The van der Waals surface area contributed by atoms with Gasteiger partial charge in [-0.2, -0.15) is 13.2 Å². The summed E-state index contributed by atoms with van der Waals surface area (Å²) in [4.78, 5) is 13.8. The predicted octanol–water partition coefficient (Wildman–Crippen LogP) is 3.81. The molecule has 1 rings (SSSR count). The molecule has 110 valence electrons. The molecule has 19 heavy (non-hydrogen) atoms. The molecule has 0 aromatic heterocycles. The topological polar surface area (TPSA) is 20.3 Å². The molecular formula is C13H19ClF3NO. The van der Waals surface area contributed by atoms with Crippen molar-refractivity contribution in [2.24, 2.45) is 17.3 Å². The molecule has 1 saturated carbocycles. The molecule has 0 aliphatic heterocycles. The first-order valence-corrected chi connectivity index (χ1v) is 6.68. The van der Waals surface area contributed by atoms with Crippen LogP contribution in [-0.4, -0.2) is 30.1 Å². The van der Waals surface area contributed by atoms with E-state index in [-0.39, 0.29) is 5.91 Å². The Labute approximate surface area is 116 Å².